The van der Waals surface area contributed by atoms with E-state index in [0.717, 1.165) is 46.1 Å². The zero-order valence-electron chi connectivity index (χ0n) is 13.0. The average Bonchev–Trinajstić information content (AvgIpc) is 2.93. The smallest absolute Gasteiger partial charge is 0.131 e. The first-order valence-electron chi connectivity index (χ1n) is 7.09. The van der Waals surface area contributed by atoms with Crippen molar-refractivity contribution in [1.29, 1.82) is 0 Å². The van der Waals surface area contributed by atoms with E-state index in [1.807, 2.05) is 30.3 Å². The minimum atomic E-state index is -0.0857. The molecular weight excluding hydrogens is 280 g/mol. The molecule has 4 nitrogen and oxygen atoms in total. The van der Waals surface area contributed by atoms with Gasteiger partial charge in [-0.15, -0.1) is 0 Å². The van der Waals surface area contributed by atoms with Crippen LogP contribution in [-0.4, -0.2) is 27.4 Å². The lowest BCUT2D eigenvalue weighted by molar-refractivity contribution is 0.282. The van der Waals surface area contributed by atoms with Crippen molar-refractivity contribution in [1.82, 2.24) is 0 Å². The normalized spacial score (nSPS) is 15.9. The van der Waals surface area contributed by atoms with Crippen molar-refractivity contribution >= 4 is 0 Å². The lowest BCUT2D eigenvalue weighted by Gasteiger charge is -2.15. The maximum Gasteiger partial charge on any atom is 0.131 e. The summed E-state index contributed by atoms with van der Waals surface area (Å²) >= 11 is 0. The zero-order chi connectivity index (χ0) is 15.7. The van der Waals surface area contributed by atoms with Crippen molar-refractivity contribution in [3.8, 4) is 34.1 Å². The molecule has 1 unspecified atom stereocenters. The standard InChI is InChI=1S/C18H19O4/c1-11-7-12-8-14(20-3)10-16(18(12)22-11)15-9-13(19-2)5-6-17(15)21-4/h5-6,8-11H,1,7H2,2-4H3. The monoisotopic (exact) mass is 299 g/mol. The van der Waals surface area contributed by atoms with E-state index in [0.29, 0.717) is 0 Å². The molecule has 0 aromatic heterocycles. The van der Waals surface area contributed by atoms with Crippen molar-refractivity contribution in [3.63, 3.8) is 0 Å². The van der Waals surface area contributed by atoms with E-state index in [9.17, 15) is 0 Å². The summed E-state index contributed by atoms with van der Waals surface area (Å²) in [5.41, 5.74) is 2.93. The van der Waals surface area contributed by atoms with Crippen molar-refractivity contribution in [3.05, 3.63) is 42.8 Å². The summed E-state index contributed by atoms with van der Waals surface area (Å²) in [6.45, 7) is 4.00. The molecule has 0 fully saturated rings. The Hall–Kier alpha value is -2.36. The molecule has 0 saturated heterocycles. The summed E-state index contributed by atoms with van der Waals surface area (Å²) in [5.74, 6) is 3.15. The largest absolute Gasteiger partial charge is 0.497 e. The van der Waals surface area contributed by atoms with Gasteiger partial charge in [0.15, 0.2) is 0 Å². The highest BCUT2D eigenvalue weighted by atomic mass is 16.5. The van der Waals surface area contributed by atoms with Crippen LogP contribution in [0.2, 0.25) is 0 Å². The topological polar surface area (TPSA) is 36.9 Å². The van der Waals surface area contributed by atoms with Crippen molar-refractivity contribution in [2.75, 3.05) is 21.3 Å². The number of benzene rings is 2. The highest BCUT2D eigenvalue weighted by molar-refractivity contribution is 5.80. The second kappa shape index (κ2) is 5.79. The van der Waals surface area contributed by atoms with E-state index < -0.39 is 0 Å². The molecule has 1 atom stereocenters. The molecule has 3 rings (SSSR count). The molecule has 1 radical (unpaired) electrons. The number of rotatable bonds is 4. The van der Waals surface area contributed by atoms with Crippen LogP contribution in [0.25, 0.3) is 11.1 Å². The van der Waals surface area contributed by atoms with Gasteiger partial charge in [0, 0.05) is 23.1 Å². The van der Waals surface area contributed by atoms with Gasteiger partial charge < -0.3 is 18.9 Å². The summed E-state index contributed by atoms with van der Waals surface area (Å²) in [7, 11) is 4.95. The third-order valence-corrected chi connectivity index (χ3v) is 3.80. The van der Waals surface area contributed by atoms with Gasteiger partial charge in [-0.2, -0.15) is 0 Å². The fraction of sp³-hybridized carbons (Fsp3) is 0.278. The van der Waals surface area contributed by atoms with Crippen LogP contribution >= 0.6 is 0 Å². The summed E-state index contributed by atoms with van der Waals surface area (Å²) in [6, 6.07) is 9.64. The van der Waals surface area contributed by atoms with Gasteiger partial charge in [0.1, 0.15) is 29.1 Å². The quantitative estimate of drug-likeness (QED) is 0.865. The van der Waals surface area contributed by atoms with Gasteiger partial charge in [-0.1, -0.05) is 0 Å². The van der Waals surface area contributed by atoms with Gasteiger partial charge in [-0.25, -0.2) is 0 Å². The minimum absolute atomic E-state index is 0.0857. The van der Waals surface area contributed by atoms with Gasteiger partial charge in [0.25, 0.3) is 0 Å². The summed E-state index contributed by atoms with van der Waals surface area (Å²) in [6.07, 6.45) is 0.684. The van der Waals surface area contributed by atoms with Crippen molar-refractivity contribution in [2.45, 2.75) is 12.5 Å². The van der Waals surface area contributed by atoms with Gasteiger partial charge in [-0.05, 0) is 37.3 Å². The lowest BCUT2D eigenvalue weighted by Crippen LogP contribution is -2.06. The molecule has 115 valence electrons. The fourth-order valence-electron chi connectivity index (χ4n) is 2.75. The molecule has 2 aromatic carbocycles. The minimum Gasteiger partial charge on any atom is -0.497 e. The van der Waals surface area contributed by atoms with Crippen LogP contribution in [0.3, 0.4) is 0 Å². The first-order valence-corrected chi connectivity index (χ1v) is 7.09. The lowest BCUT2D eigenvalue weighted by atomic mass is 9.99. The predicted octanol–water partition coefficient (Wildman–Crippen LogP) is 3.52. The molecule has 0 bridgehead atoms. The van der Waals surface area contributed by atoms with Crippen LogP contribution in [0.5, 0.6) is 23.0 Å². The molecule has 1 aliphatic rings. The molecule has 0 spiro atoms. The Labute approximate surface area is 130 Å². The van der Waals surface area contributed by atoms with Crippen LogP contribution in [0.4, 0.5) is 0 Å². The second-order valence-corrected chi connectivity index (χ2v) is 5.17. The number of methoxy groups -OCH3 is 3. The third kappa shape index (κ3) is 2.45. The Morgan fingerprint density at radius 2 is 1.68 bits per heavy atom. The van der Waals surface area contributed by atoms with Crippen LogP contribution in [0.15, 0.2) is 30.3 Å². The van der Waals surface area contributed by atoms with E-state index in [2.05, 4.69) is 6.92 Å². The third-order valence-electron chi connectivity index (χ3n) is 3.80. The second-order valence-electron chi connectivity index (χ2n) is 5.17. The van der Waals surface area contributed by atoms with E-state index in [-0.39, 0.29) is 6.10 Å². The Morgan fingerprint density at radius 3 is 2.36 bits per heavy atom. The molecular formula is C18H19O4. The highest BCUT2D eigenvalue weighted by Gasteiger charge is 2.25. The maximum absolute atomic E-state index is 5.90. The molecule has 2 aromatic rings. The van der Waals surface area contributed by atoms with Crippen LogP contribution in [0, 0.1) is 6.92 Å². The number of hydrogen-bond acceptors (Lipinski definition) is 4. The zero-order valence-corrected chi connectivity index (χ0v) is 13.0. The summed E-state index contributed by atoms with van der Waals surface area (Å²) in [4.78, 5) is 0. The van der Waals surface area contributed by atoms with Crippen LogP contribution < -0.4 is 18.9 Å². The molecule has 1 aliphatic heterocycles. The molecule has 0 saturated carbocycles. The first-order chi connectivity index (χ1) is 10.7. The van der Waals surface area contributed by atoms with Gasteiger partial charge >= 0.3 is 0 Å². The average molecular weight is 299 g/mol. The highest BCUT2D eigenvalue weighted by Crippen LogP contribution is 2.45. The van der Waals surface area contributed by atoms with E-state index in [1.54, 1.807) is 21.3 Å². The molecule has 1 heterocycles. The number of fused-ring (bicyclic) bond motifs is 1. The van der Waals surface area contributed by atoms with Gasteiger partial charge in [0.2, 0.25) is 0 Å². The molecule has 0 aliphatic carbocycles. The molecule has 4 heteroatoms. The van der Waals surface area contributed by atoms with Gasteiger partial charge in [0.05, 0.1) is 21.3 Å². The maximum atomic E-state index is 5.90. The van der Waals surface area contributed by atoms with Crippen molar-refractivity contribution in [2.24, 2.45) is 0 Å². The summed E-state index contributed by atoms with van der Waals surface area (Å²) in [5, 5.41) is 0. The number of ether oxygens (including phenoxy) is 4. The molecule has 22 heavy (non-hydrogen) atoms. The number of hydrogen-bond donors (Lipinski definition) is 0. The Kier molecular flexibility index (Phi) is 3.84. The van der Waals surface area contributed by atoms with E-state index in [4.69, 9.17) is 18.9 Å². The van der Waals surface area contributed by atoms with Crippen molar-refractivity contribution < 1.29 is 18.9 Å². The van der Waals surface area contributed by atoms with Crippen LogP contribution in [0.1, 0.15) is 5.56 Å². The Bertz CT molecular complexity index is 694. The van der Waals surface area contributed by atoms with Crippen LogP contribution in [-0.2, 0) is 6.42 Å². The van der Waals surface area contributed by atoms with E-state index in [1.165, 1.54) is 0 Å². The Morgan fingerprint density at radius 1 is 0.955 bits per heavy atom. The van der Waals surface area contributed by atoms with Gasteiger partial charge in [-0.3, -0.25) is 0 Å². The Balaban J connectivity index is 2.22. The SMILES string of the molecule is [CH2]C1Cc2cc(OC)cc(-c3cc(OC)ccc3OC)c2O1. The predicted molar refractivity (Wildman–Crippen MR) is 85.0 cm³/mol. The molecule has 0 amide bonds. The molecule has 0 N–H and O–H groups in total. The fourth-order valence-corrected chi connectivity index (χ4v) is 2.75. The summed E-state index contributed by atoms with van der Waals surface area (Å²) < 4.78 is 22.1. The first kappa shape index (κ1) is 14.6. The van der Waals surface area contributed by atoms with E-state index >= 15 is 0 Å².